The lowest BCUT2D eigenvalue weighted by molar-refractivity contribution is -0.122. The molecule has 5 aromatic rings. The highest BCUT2D eigenvalue weighted by atomic mass is 32.2. The Hall–Kier alpha value is -5.06. The molecule has 0 aliphatic rings. The van der Waals surface area contributed by atoms with E-state index in [9.17, 15) is 18.0 Å². The molecule has 0 atom stereocenters. The molecule has 2 amide bonds. The molecular weight excluding hydrogens is 598 g/mol. The number of primary sulfonamides is 1. The third kappa shape index (κ3) is 7.77. The summed E-state index contributed by atoms with van der Waals surface area (Å²) < 4.78 is 24.8. The molecule has 0 spiro atoms. The number of benzene rings is 4. The lowest BCUT2D eigenvalue weighted by Crippen LogP contribution is -2.37. The third-order valence-electron chi connectivity index (χ3n) is 7.83. The van der Waals surface area contributed by atoms with Crippen molar-refractivity contribution in [1.82, 2.24) is 20.2 Å². The molecule has 236 valence electrons. The van der Waals surface area contributed by atoms with Gasteiger partial charge >= 0.3 is 0 Å². The number of carbonyl (C=O) groups is 2. The summed E-state index contributed by atoms with van der Waals surface area (Å²) in [6, 6.07) is 37.1. The maximum Gasteiger partial charge on any atom is 0.238 e. The van der Waals surface area contributed by atoms with E-state index in [1.165, 1.54) is 12.1 Å². The lowest BCUT2D eigenvalue weighted by atomic mass is 9.77. The number of carbonyl (C=O) groups excluding carboxylic acids is 2. The van der Waals surface area contributed by atoms with Crippen LogP contribution >= 0.6 is 0 Å². The van der Waals surface area contributed by atoms with Crippen molar-refractivity contribution in [1.29, 1.82) is 0 Å². The second-order valence-corrected chi connectivity index (χ2v) is 12.6. The molecule has 0 saturated heterocycles. The van der Waals surface area contributed by atoms with Gasteiger partial charge in [-0.15, -0.1) is 0 Å². The normalized spacial score (nSPS) is 11.6. The van der Waals surface area contributed by atoms with E-state index in [0.717, 1.165) is 22.3 Å². The van der Waals surface area contributed by atoms with E-state index in [4.69, 9.17) is 5.14 Å². The number of rotatable bonds is 14. The average Bonchev–Trinajstić information content (AvgIpc) is 3.53. The number of nitrogens with one attached hydrogen (secondary N) is 2. The molecule has 5 rings (SSSR count). The van der Waals surface area contributed by atoms with Crippen LogP contribution in [0.3, 0.4) is 0 Å². The highest BCUT2D eigenvalue weighted by molar-refractivity contribution is 7.89. The number of imidazole rings is 1. The molecule has 4 N–H and O–H groups in total. The van der Waals surface area contributed by atoms with E-state index in [2.05, 4.69) is 56.6 Å². The van der Waals surface area contributed by atoms with Crippen molar-refractivity contribution in [2.45, 2.75) is 36.1 Å². The Morgan fingerprint density at radius 1 is 0.717 bits per heavy atom. The van der Waals surface area contributed by atoms with Crippen LogP contribution in [-0.4, -0.2) is 42.9 Å². The maximum absolute atomic E-state index is 12.8. The largest absolute Gasteiger partial charge is 0.356 e. The summed E-state index contributed by atoms with van der Waals surface area (Å²) in [5.74, 6) is -0.286. The summed E-state index contributed by atoms with van der Waals surface area (Å²) in [6.45, 7) is 0.781. The van der Waals surface area contributed by atoms with Gasteiger partial charge in [-0.2, -0.15) is 0 Å². The van der Waals surface area contributed by atoms with Gasteiger partial charge in [-0.3, -0.25) is 9.59 Å². The Kier molecular flexibility index (Phi) is 10.4. The smallest absolute Gasteiger partial charge is 0.238 e. The molecule has 46 heavy (non-hydrogen) atoms. The van der Waals surface area contributed by atoms with E-state index in [1.54, 1.807) is 18.5 Å². The SMILES string of the molecule is NS(=O)(=O)c1ccc(CCNC(=O)CCCNC(=O)Cc2cn(C(c3ccccc3)(c3ccccc3)c3ccccc3)cn2)cc1. The molecule has 0 saturated carbocycles. The van der Waals surface area contributed by atoms with Crippen LogP contribution in [0.15, 0.2) is 133 Å². The average molecular weight is 636 g/mol. The predicted molar refractivity (Wildman–Crippen MR) is 177 cm³/mol. The second-order valence-electron chi connectivity index (χ2n) is 11.0. The first kappa shape index (κ1) is 32.3. The van der Waals surface area contributed by atoms with Gasteiger partial charge in [0.1, 0.15) is 5.54 Å². The van der Waals surface area contributed by atoms with Crippen molar-refractivity contribution in [3.05, 3.63) is 156 Å². The molecule has 1 aromatic heterocycles. The monoisotopic (exact) mass is 635 g/mol. The fourth-order valence-electron chi connectivity index (χ4n) is 5.61. The molecule has 10 heteroatoms. The maximum atomic E-state index is 12.8. The summed E-state index contributed by atoms with van der Waals surface area (Å²) in [6.07, 6.45) is 5.15. The van der Waals surface area contributed by atoms with Gasteiger partial charge in [0, 0.05) is 25.7 Å². The number of hydrogen-bond donors (Lipinski definition) is 3. The molecule has 9 nitrogen and oxygen atoms in total. The minimum Gasteiger partial charge on any atom is -0.356 e. The van der Waals surface area contributed by atoms with Gasteiger partial charge in [0.25, 0.3) is 0 Å². The summed E-state index contributed by atoms with van der Waals surface area (Å²) in [5.41, 5.74) is 4.03. The molecule has 4 aromatic carbocycles. The van der Waals surface area contributed by atoms with Crippen molar-refractivity contribution >= 4 is 21.8 Å². The van der Waals surface area contributed by atoms with Crippen molar-refractivity contribution < 1.29 is 18.0 Å². The number of sulfonamides is 1. The lowest BCUT2D eigenvalue weighted by Gasteiger charge is -2.37. The molecular formula is C36H37N5O4S. The molecule has 0 aliphatic carbocycles. The minimum absolute atomic E-state index is 0.0512. The zero-order valence-electron chi connectivity index (χ0n) is 25.4. The van der Waals surface area contributed by atoms with Crippen LogP contribution in [0.25, 0.3) is 0 Å². The molecule has 0 aliphatic heterocycles. The summed E-state index contributed by atoms with van der Waals surface area (Å²) >= 11 is 0. The van der Waals surface area contributed by atoms with Crippen molar-refractivity contribution in [2.24, 2.45) is 5.14 Å². The topological polar surface area (TPSA) is 136 Å². The number of nitrogens with two attached hydrogens (primary N) is 1. The fourth-order valence-corrected chi connectivity index (χ4v) is 6.12. The quantitative estimate of drug-likeness (QED) is 0.124. The Morgan fingerprint density at radius 2 is 1.24 bits per heavy atom. The number of amides is 2. The molecule has 1 heterocycles. The Labute approximate surface area is 269 Å². The zero-order chi connectivity index (χ0) is 32.4. The Bertz CT molecular complexity index is 1750. The second kappa shape index (κ2) is 14.8. The standard InChI is InChI=1S/C36H37N5O4S/c37-46(44,45)33-20-18-28(19-21-33)22-24-39-34(42)17-10-23-38-35(43)25-32-26-41(27-40-32)36(29-11-4-1-5-12-29,30-13-6-2-7-14-30)31-15-8-3-9-16-31/h1-9,11-16,18-21,26-27H,10,17,22-25H2,(H,38,43)(H,39,42)(H2,37,44,45). The van der Waals surface area contributed by atoms with Crippen LogP contribution in [-0.2, 0) is 38.0 Å². The van der Waals surface area contributed by atoms with Crippen molar-refractivity contribution in [2.75, 3.05) is 13.1 Å². The van der Waals surface area contributed by atoms with Crippen LogP contribution < -0.4 is 15.8 Å². The summed E-state index contributed by atoms with van der Waals surface area (Å²) in [7, 11) is -3.73. The van der Waals surface area contributed by atoms with E-state index in [-0.39, 0.29) is 29.6 Å². The van der Waals surface area contributed by atoms with E-state index in [0.29, 0.717) is 31.6 Å². The fraction of sp³-hybridized carbons (Fsp3) is 0.194. The van der Waals surface area contributed by atoms with Gasteiger partial charge in [-0.05, 0) is 47.2 Å². The number of hydrogen-bond acceptors (Lipinski definition) is 5. The third-order valence-corrected chi connectivity index (χ3v) is 8.76. The molecule has 0 fully saturated rings. The molecule has 0 unspecified atom stereocenters. The molecule has 0 radical (unpaired) electrons. The number of nitrogens with zero attached hydrogens (tertiary/aromatic N) is 2. The first-order valence-corrected chi connectivity index (χ1v) is 16.7. The van der Waals surface area contributed by atoms with Gasteiger partial charge in [0.15, 0.2) is 0 Å². The highest BCUT2D eigenvalue weighted by Gasteiger charge is 2.38. The van der Waals surface area contributed by atoms with Gasteiger partial charge in [-0.25, -0.2) is 18.5 Å². The Morgan fingerprint density at radius 3 is 1.76 bits per heavy atom. The van der Waals surface area contributed by atoms with Crippen molar-refractivity contribution in [3.63, 3.8) is 0 Å². The van der Waals surface area contributed by atoms with Crippen LogP contribution in [0.1, 0.15) is 40.8 Å². The van der Waals surface area contributed by atoms with Crippen LogP contribution in [0, 0.1) is 0 Å². The van der Waals surface area contributed by atoms with E-state index in [1.807, 2.05) is 60.8 Å². The van der Waals surface area contributed by atoms with Crippen LogP contribution in [0.2, 0.25) is 0 Å². The Balaban J connectivity index is 1.17. The van der Waals surface area contributed by atoms with Crippen LogP contribution in [0.5, 0.6) is 0 Å². The van der Waals surface area contributed by atoms with Gasteiger partial charge in [0.05, 0.1) is 23.3 Å². The van der Waals surface area contributed by atoms with E-state index >= 15 is 0 Å². The highest BCUT2D eigenvalue weighted by Crippen LogP contribution is 2.40. The predicted octanol–water partition coefficient (Wildman–Crippen LogP) is 4.17. The van der Waals surface area contributed by atoms with E-state index < -0.39 is 15.6 Å². The first-order valence-electron chi connectivity index (χ1n) is 15.1. The molecule has 0 bridgehead atoms. The summed E-state index contributed by atoms with van der Waals surface area (Å²) in [4.78, 5) is 29.8. The minimum atomic E-state index is -3.73. The summed E-state index contributed by atoms with van der Waals surface area (Å²) in [5, 5.41) is 10.9. The van der Waals surface area contributed by atoms with Gasteiger partial charge < -0.3 is 15.2 Å². The van der Waals surface area contributed by atoms with Crippen LogP contribution in [0.4, 0.5) is 0 Å². The first-order chi connectivity index (χ1) is 22.3. The van der Waals surface area contributed by atoms with Crippen molar-refractivity contribution in [3.8, 4) is 0 Å². The van der Waals surface area contributed by atoms with Gasteiger partial charge in [-0.1, -0.05) is 103 Å². The number of aromatic nitrogens is 2. The van der Waals surface area contributed by atoms with Gasteiger partial charge in [0.2, 0.25) is 21.8 Å². The zero-order valence-corrected chi connectivity index (χ0v) is 26.2.